The predicted octanol–water partition coefficient (Wildman–Crippen LogP) is 2.83. The van der Waals surface area contributed by atoms with Crippen LogP contribution in [-0.2, 0) is 16.0 Å². The molecule has 152 valence electrons. The van der Waals surface area contributed by atoms with Crippen LogP contribution >= 0.6 is 0 Å². The average molecular weight is 393 g/mol. The van der Waals surface area contributed by atoms with Crippen molar-refractivity contribution in [3.8, 4) is 5.75 Å². The quantitative estimate of drug-likeness (QED) is 0.724. The van der Waals surface area contributed by atoms with E-state index in [1.54, 1.807) is 7.11 Å². The van der Waals surface area contributed by atoms with Crippen molar-refractivity contribution in [1.29, 1.82) is 0 Å². The fourth-order valence-corrected chi connectivity index (χ4v) is 3.09. The Morgan fingerprint density at radius 3 is 2.55 bits per heavy atom. The zero-order valence-electron chi connectivity index (χ0n) is 16.9. The molecule has 0 saturated carbocycles. The minimum absolute atomic E-state index is 0.0466. The fraction of sp³-hybridized carbons (Fsp3) is 0.304. The highest BCUT2D eigenvalue weighted by atomic mass is 16.5. The SMILES string of the molecule is COc1ccc(C2=CCC(=O)N(CCC(=O)NCCc3ccc(C)cc3)N2)cc1. The van der Waals surface area contributed by atoms with Crippen molar-refractivity contribution < 1.29 is 14.3 Å². The summed E-state index contributed by atoms with van der Waals surface area (Å²) in [5.74, 6) is 0.669. The van der Waals surface area contributed by atoms with Crippen LogP contribution in [0, 0.1) is 6.92 Å². The minimum Gasteiger partial charge on any atom is -0.497 e. The number of hydrazine groups is 1. The van der Waals surface area contributed by atoms with E-state index in [0.717, 1.165) is 23.4 Å². The molecule has 0 bridgehead atoms. The molecule has 6 heteroatoms. The average Bonchev–Trinajstić information content (AvgIpc) is 2.74. The number of amides is 2. The Morgan fingerprint density at radius 2 is 1.86 bits per heavy atom. The molecule has 1 aliphatic heterocycles. The van der Waals surface area contributed by atoms with E-state index in [4.69, 9.17) is 4.74 Å². The minimum atomic E-state index is -0.0627. The van der Waals surface area contributed by atoms with Crippen molar-refractivity contribution in [2.24, 2.45) is 0 Å². The van der Waals surface area contributed by atoms with Crippen molar-refractivity contribution >= 4 is 17.5 Å². The second kappa shape index (κ2) is 9.78. The second-order valence-electron chi connectivity index (χ2n) is 7.04. The second-order valence-corrected chi connectivity index (χ2v) is 7.04. The number of hydrogen-bond donors (Lipinski definition) is 2. The van der Waals surface area contributed by atoms with Gasteiger partial charge in [-0.3, -0.25) is 20.0 Å². The number of ether oxygens (including phenoxy) is 1. The van der Waals surface area contributed by atoms with Crippen molar-refractivity contribution in [3.05, 3.63) is 71.3 Å². The van der Waals surface area contributed by atoms with Crippen molar-refractivity contribution in [2.75, 3.05) is 20.2 Å². The van der Waals surface area contributed by atoms with E-state index >= 15 is 0 Å². The third-order valence-corrected chi connectivity index (χ3v) is 4.86. The van der Waals surface area contributed by atoms with Gasteiger partial charge in [-0.15, -0.1) is 0 Å². The van der Waals surface area contributed by atoms with Gasteiger partial charge < -0.3 is 10.1 Å². The van der Waals surface area contributed by atoms with Crippen molar-refractivity contribution in [3.63, 3.8) is 0 Å². The van der Waals surface area contributed by atoms with Gasteiger partial charge in [-0.25, -0.2) is 0 Å². The van der Waals surface area contributed by atoms with Gasteiger partial charge in [0.25, 0.3) is 0 Å². The molecular weight excluding hydrogens is 366 g/mol. The van der Waals surface area contributed by atoms with Crippen LogP contribution in [0.15, 0.2) is 54.6 Å². The van der Waals surface area contributed by atoms with E-state index in [2.05, 4.69) is 41.9 Å². The molecule has 3 rings (SSSR count). The normalized spacial score (nSPS) is 13.5. The summed E-state index contributed by atoms with van der Waals surface area (Å²) in [5, 5.41) is 4.44. The van der Waals surface area contributed by atoms with Crippen LogP contribution in [0.1, 0.15) is 29.5 Å². The predicted molar refractivity (Wildman–Crippen MR) is 113 cm³/mol. The van der Waals surface area contributed by atoms with Crippen LogP contribution in [0.4, 0.5) is 0 Å². The lowest BCUT2D eigenvalue weighted by Gasteiger charge is -2.29. The molecule has 0 aromatic heterocycles. The molecule has 6 nitrogen and oxygen atoms in total. The molecular formula is C23H27N3O3. The number of hydrogen-bond acceptors (Lipinski definition) is 4. The highest BCUT2D eigenvalue weighted by Gasteiger charge is 2.20. The van der Waals surface area contributed by atoms with Gasteiger partial charge in [-0.2, -0.15) is 0 Å². The Balaban J connectivity index is 1.45. The van der Waals surface area contributed by atoms with Gasteiger partial charge in [0, 0.05) is 19.4 Å². The first-order valence-electron chi connectivity index (χ1n) is 9.79. The number of nitrogens with one attached hydrogen (secondary N) is 2. The van der Waals surface area contributed by atoms with Crippen LogP contribution in [0.2, 0.25) is 0 Å². The molecule has 2 amide bonds. The van der Waals surface area contributed by atoms with Crippen molar-refractivity contribution in [2.45, 2.75) is 26.2 Å². The molecule has 0 fully saturated rings. The van der Waals surface area contributed by atoms with E-state index in [1.165, 1.54) is 16.1 Å². The molecule has 1 heterocycles. The van der Waals surface area contributed by atoms with Gasteiger partial charge in [-0.1, -0.05) is 29.8 Å². The molecule has 2 aromatic rings. The molecule has 0 aliphatic carbocycles. The summed E-state index contributed by atoms with van der Waals surface area (Å²) < 4.78 is 5.18. The Bertz CT molecular complexity index is 873. The maximum absolute atomic E-state index is 12.2. The van der Waals surface area contributed by atoms with Crippen LogP contribution in [0.3, 0.4) is 0 Å². The van der Waals surface area contributed by atoms with E-state index in [0.29, 0.717) is 19.5 Å². The Labute approximate surface area is 171 Å². The maximum Gasteiger partial charge on any atom is 0.244 e. The zero-order valence-corrected chi connectivity index (χ0v) is 16.9. The Morgan fingerprint density at radius 1 is 1.14 bits per heavy atom. The molecule has 0 unspecified atom stereocenters. The summed E-state index contributed by atoms with van der Waals surface area (Å²) in [7, 11) is 1.62. The molecule has 29 heavy (non-hydrogen) atoms. The van der Waals surface area contributed by atoms with E-state index in [-0.39, 0.29) is 18.2 Å². The zero-order chi connectivity index (χ0) is 20.6. The summed E-state index contributed by atoms with van der Waals surface area (Å²) in [5.41, 5.74) is 7.36. The fourth-order valence-electron chi connectivity index (χ4n) is 3.09. The van der Waals surface area contributed by atoms with Gasteiger partial charge in [0.2, 0.25) is 11.8 Å². The standard InChI is InChI=1S/C23H27N3O3/c1-17-3-5-18(6-4-17)13-15-24-22(27)14-16-26-23(28)12-11-21(25-26)19-7-9-20(29-2)10-8-19/h3-11,25H,12-16H2,1-2H3,(H,24,27). The van der Waals surface area contributed by atoms with Crippen LogP contribution in [0.25, 0.3) is 5.70 Å². The van der Waals surface area contributed by atoms with Gasteiger partial charge in [0.15, 0.2) is 0 Å². The van der Waals surface area contributed by atoms with Crippen LogP contribution in [-0.4, -0.2) is 37.0 Å². The first-order chi connectivity index (χ1) is 14.0. The summed E-state index contributed by atoms with van der Waals surface area (Å²) in [6.45, 7) is 2.96. The van der Waals surface area contributed by atoms with Gasteiger partial charge >= 0.3 is 0 Å². The number of methoxy groups -OCH3 is 1. The van der Waals surface area contributed by atoms with E-state index in [9.17, 15) is 9.59 Å². The molecule has 0 saturated heterocycles. The summed E-state index contributed by atoms with van der Waals surface area (Å²) in [4.78, 5) is 24.3. The first-order valence-corrected chi connectivity index (χ1v) is 9.79. The van der Waals surface area contributed by atoms with Gasteiger partial charge in [-0.05, 0) is 54.8 Å². The lowest BCUT2D eigenvalue weighted by atomic mass is 10.1. The third-order valence-electron chi connectivity index (χ3n) is 4.86. The van der Waals surface area contributed by atoms with Crippen LogP contribution in [0.5, 0.6) is 5.75 Å². The monoisotopic (exact) mass is 393 g/mol. The molecule has 1 aliphatic rings. The molecule has 2 N–H and O–H groups in total. The highest BCUT2D eigenvalue weighted by Crippen LogP contribution is 2.20. The highest BCUT2D eigenvalue weighted by molar-refractivity contribution is 5.84. The van der Waals surface area contributed by atoms with Crippen molar-refractivity contribution in [1.82, 2.24) is 15.8 Å². The Hall–Kier alpha value is -3.28. The third kappa shape index (κ3) is 5.85. The number of aryl methyl sites for hydroxylation is 1. The first kappa shape index (κ1) is 20.5. The lowest BCUT2D eigenvalue weighted by Crippen LogP contribution is -2.46. The van der Waals surface area contributed by atoms with E-state index < -0.39 is 0 Å². The molecule has 2 aromatic carbocycles. The maximum atomic E-state index is 12.2. The number of carbonyl (C=O) groups is 2. The summed E-state index contributed by atoms with van der Waals surface area (Å²) >= 11 is 0. The molecule has 0 radical (unpaired) electrons. The lowest BCUT2D eigenvalue weighted by molar-refractivity contribution is -0.133. The molecule has 0 atom stereocenters. The topological polar surface area (TPSA) is 70.7 Å². The smallest absolute Gasteiger partial charge is 0.244 e. The molecule has 0 spiro atoms. The Kier molecular flexibility index (Phi) is 6.89. The number of carbonyl (C=O) groups excluding carboxylic acids is 2. The summed E-state index contributed by atoms with van der Waals surface area (Å²) in [6, 6.07) is 15.9. The van der Waals surface area contributed by atoms with Crippen LogP contribution < -0.4 is 15.5 Å². The van der Waals surface area contributed by atoms with Gasteiger partial charge in [0.1, 0.15) is 5.75 Å². The number of nitrogens with zero attached hydrogens (tertiary/aromatic N) is 1. The number of rotatable bonds is 8. The van der Waals surface area contributed by atoms with E-state index in [1.807, 2.05) is 30.3 Å². The van der Waals surface area contributed by atoms with Gasteiger partial charge in [0.05, 0.1) is 19.4 Å². The number of benzene rings is 2. The summed E-state index contributed by atoms with van der Waals surface area (Å²) in [6.07, 6.45) is 3.21. The largest absolute Gasteiger partial charge is 0.497 e.